The van der Waals surface area contributed by atoms with Gasteiger partial charge in [-0.2, -0.15) is 11.8 Å². The lowest BCUT2D eigenvalue weighted by Crippen LogP contribution is -2.34. The van der Waals surface area contributed by atoms with Gasteiger partial charge in [-0.15, -0.1) is 0 Å². The lowest BCUT2D eigenvalue weighted by molar-refractivity contribution is 0.126. The Hall–Kier alpha value is -2.01. The summed E-state index contributed by atoms with van der Waals surface area (Å²) in [7, 11) is -0.716. The van der Waals surface area contributed by atoms with Crippen LogP contribution in [-0.2, 0) is 21.3 Å². The fourth-order valence-corrected chi connectivity index (χ4v) is 4.39. The van der Waals surface area contributed by atoms with E-state index >= 15 is 0 Å². The average Bonchev–Trinajstić information content (AvgIpc) is 2.75. The molecule has 0 saturated heterocycles. The third-order valence-electron chi connectivity index (χ3n) is 4.33. The van der Waals surface area contributed by atoms with Crippen molar-refractivity contribution >= 4 is 27.6 Å². The van der Waals surface area contributed by atoms with E-state index in [1.807, 2.05) is 44.4 Å². The molecule has 0 aliphatic rings. The molecule has 2 aromatic rings. The van der Waals surface area contributed by atoms with Gasteiger partial charge in [-0.25, -0.2) is 18.1 Å². The number of hydrogen-bond donors (Lipinski definition) is 2. The Morgan fingerprint density at radius 3 is 2.55 bits per heavy atom. The van der Waals surface area contributed by atoms with Crippen molar-refractivity contribution in [3.63, 3.8) is 0 Å². The van der Waals surface area contributed by atoms with Gasteiger partial charge in [0.05, 0.1) is 19.3 Å². The largest absolute Gasteiger partial charge is 0.493 e. The zero-order chi connectivity index (χ0) is 22.9. The summed E-state index contributed by atoms with van der Waals surface area (Å²) in [5.74, 6) is 2.24. The topological polar surface area (TPSA) is 98.8 Å². The summed E-state index contributed by atoms with van der Waals surface area (Å²) < 4.78 is 44.4. The molecule has 1 aromatic carbocycles. The quantitative estimate of drug-likeness (QED) is 0.462. The van der Waals surface area contributed by atoms with E-state index in [-0.39, 0.29) is 23.6 Å². The van der Waals surface area contributed by atoms with Crippen molar-refractivity contribution in [1.29, 1.82) is 0 Å². The van der Waals surface area contributed by atoms with E-state index in [0.717, 1.165) is 11.3 Å². The Morgan fingerprint density at radius 2 is 1.90 bits per heavy atom. The smallest absolute Gasteiger partial charge is 0.242 e. The standard InChI is InChI=1S/C21H31N3O5S2/c1-15(2)29-19-9-7-6-8-16(19)11-22-21-20(28-4)10-18(13-23-21)31(25,26)24-12-17(27-3)14-30-5/h6-10,13,15,17,24H,11-12,14H2,1-5H3,(H,22,23). The van der Waals surface area contributed by atoms with Gasteiger partial charge in [0.25, 0.3) is 0 Å². The number of sulfonamides is 1. The fraction of sp³-hybridized carbons (Fsp3) is 0.476. The number of nitrogens with zero attached hydrogens (tertiary/aromatic N) is 1. The van der Waals surface area contributed by atoms with Crippen LogP contribution in [0.3, 0.4) is 0 Å². The Balaban J connectivity index is 2.13. The molecular weight excluding hydrogens is 438 g/mol. The van der Waals surface area contributed by atoms with Crippen LogP contribution in [-0.4, -0.2) is 58.4 Å². The highest BCUT2D eigenvalue weighted by molar-refractivity contribution is 7.98. The summed E-state index contributed by atoms with van der Waals surface area (Å²) in [4.78, 5) is 4.30. The minimum absolute atomic E-state index is 0.0254. The van der Waals surface area contributed by atoms with Crippen LogP contribution in [0.1, 0.15) is 19.4 Å². The van der Waals surface area contributed by atoms with Crippen LogP contribution in [0.4, 0.5) is 5.82 Å². The van der Waals surface area contributed by atoms with E-state index < -0.39 is 10.0 Å². The molecule has 2 N–H and O–H groups in total. The molecule has 1 aromatic heterocycles. The Kier molecular flexibility index (Phi) is 9.89. The number of methoxy groups -OCH3 is 2. The van der Waals surface area contributed by atoms with Gasteiger partial charge in [-0.05, 0) is 26.2 Å². The fourth-order valence-electron chi connectivity index (χ4n) is 2.74. The molecule has 0 radical (unpaired) electrons. The molecule has 8 nitrogen and oxygen atoms in total. The molecular formula is C21H31N3O5S2. The maximum absolute atomic E-state index is 12.7. The van der Waals surface area contributed by atoms with Gasteiger partial charge in [0.2, 0.25) is 10.0 Å². The molecule has 0 spiro atoms. The first-order valence-electron chi connectivity index (χ1n) is 9.84. The van der Waals surface area contributed by atoms with Gasteiger partial charge in [-0.1, -0.05) is 18.2 Å². The summed E-state index contributed by atoms with van der Waals surface area (Å²) in [5, 5.41) is 3.19. The molecule has 10 heteroatoms. The first-order chi connectivity index (χ1) is 14.8. The first kappa shape index (κ1) is 25.3. The van der Waals surface area contributed by atoms with E-state index in [4.69, 9.17) is 14.2 Å². The van der Waals surface area contributed by atoms with E-state index in [0.29, 0.717) is 23.9 Å². The number of benzene rings is 1. The van der Waals surface area contributed by atoms with Crippen LogP contribution in [0.5, 0.6) is 11.5 Å². The Bertz CT molecular complexity index is 938. The highest BCUT2D eigenvalue weighted by atomic mass is 32.2. The van der Waals surface area contributed by atoms with Gasteiger partial charge in [-0.3, -0.25) is 0 Å². The number of thioether (sulfide) groups is 1. The molecule has 1 atom stereocenters. The number of aromatic nitrogens is 1. The SMILES string of the molecule is COc1cc(S(=O)(=O)NCC(CSC)OC)cnc1NCc1ccccc1OC(C)C. The third-order valence-corrected chi connectivity index (χ3v) is 6.42. The predicted octanol–water partition coefficient (Wildman–Crippen LogP) is 3.15. The van der Waals surface area contributed by atoms with E-state index in [2.05, 4.69) is 15.0 Å². The summed E-state index contributed by atoms with van der Waals surface area (Å²) in [6, 6.07) is 9.17. The van der Waals surface area contributed by atoms with Crippen molar-refractivity contribution in [2.75, 3.05) is 38.1 Å². The molecule has 0 aliphatic carbocycles. The van der Waals surface area contributed by atoms with E-state index in [9.17, 15) is 8.42 Å². The number of pyridine rings is 1. The molecule has 0 amide bonds. The predicted molar refractivity (Wildman–Crippen MR) is 125 cm³/mol. The molecule has 172 valence electrons. The summed E-state index contributed by atoms with van der Waals surface area (Å²) in [5.41, 5.74) is 0.956. The van der Waals surface area contributed by atoms with Crippen molar-refractivity contribution in [3.8, 4) is 11.5 Å². The molecule has 0 saturated carbocycles. The molecule has 0 bridgehead atoms. The third kappa shape index (κ3) is 7.57. The highest BCUT2D eigenvalue weighted by Gasteiger charge is 2.20. The van der Waals surface area contributed by atoms with Gasteiger partial charge in [0, 0.05) is 43.8 Å². The number of anilines is 1. The second kappa shape index (κ2) is 12.1. The molecule has 31 heavy (non-hydrogen) atoms. The van der Waals surface area contributed by atoms with Crippen molar-refractivity contribution < 1.29 is 22.6 Å². The van der Waals surface area contributed by atoms with E-state index in [1.165, 1.54) is 19.4 Å². The molecule has 0 fully saturated rings. The zero-order valence-corrected chi connectivity index (χ0v) is 20.2. The molecule has 1 heterocycles. The van der Waals surface area contributed by atoms with Crippen LogP contribution >= 0.6 is 11.8 Å². The Morgan fingerprint density at radius 1 is 1.16 bits per heavy atom. The van der Waals surface area contributed by atoms with Crippen LogP contribution in [0, 0.1) is 0 Å². The lowest BCUT2D eigenvalue weighted by Gasteiger charge is -2.17. The zero-order valence-electron chi connectivity index (χ0n) is 18.5. The van der Waals surface area contributed by atoms with Crippen molar-refractivity contribution in [2.45, 2.75) is 37.5 Å². The summed E-state index contributed by atoms with van der Waals surface area (Å²) in [6.07, 6.45) is 3.09. The summed E-state index contributed by atoms with van der Waals surface area (Å²) >= 11 is 1.59. The van der Waals surface area contributed by atoms with Crippen LogP contribution in [0.25, 0.3) is 0 Å². The average molecular weight is 470 g/mol. The summed E-state index contributed by atoms with van der Waals surface area (Å²) in [6.45, 7) is 4.56. The van der Waals surface area contributed by atoms with Gasteiger partial charge in [0.15, 0.2) is 11.6 Å². The van der Waals surface area contributed by atoms with Gasteiger partial charge >= 0.3 is 0 Å². The number of ether oxygens (including phenoxy) is 3. The van der Waals surface area contributed by atoms with Crippen molar-refractivity contribution in [2.24, 2.45) is 0 Å². The maximum Gasteiger partial charge on any atom is 0.242 e. The number of rotatable bonds is 13. The second-order valence-electron chi connectivity index (χ2n) is 7.01. The molecule has 1 unspecified atom stereocenters. The van der Waals surface area contributed by atoms with Gasteiger partial charge in [0.1, 0.15) is 10.6 Å². The number of para-hydroxylation sites is 1. The van der Waals surface area contributed by atoms with Crippen LogP contribution < -0.4 is 19.5 Å². The minimum atomic E-state index is -3.75. The maximum atomic E-state index is 12.7. The highest BCUT2D eigenvalue weighted by Crippen LogP contribution is 2.27. The van der Waals surface area contributed by atoms with Crippen LogP contribution in [0.2, 0.25) is 0 Å². The van der Waals surface area contributed by atoms with Gasteiger partial charge < -0.3 is 19.5 Å². The monoisotopic (exact) mass is 469 g/mol. The van der Waals surface area contributed by atoms with E-state index in [1.54, 1.807) is 18.9 Å². The minimum Gasteiger partial charge on any atom is -0.493 e. The molecule has 2 rings (SSSR count). The molecule has 0 aliphatic heterocycles. The lowest BCUT2D eigenvalue weighted by atomic mass is 10.2. The normalized spacial score (nSPS) is 12.6. The number of hydrogen-bond acceptors (Lipinski definition) is 8. The Labute approximate surface area is 189 Å². The van der Waals surface area contributed by atoms with Crippen LogP contribution in [0.15, 0.2) is 41.4 Å². The first-order valence-corrected chi connectivity index (χ1v) is 12.7. The number of nitrogens with one attached hydrogen (secondary N) is 2. The second-order valence-corrected chi connectivity index (χ2v) is 9.69. The van der Waals surface area contributed by atoms with Crippen molar-refractivity contribution in [3.05, 3.63) is 42.1 Å². The van der Waals surface area contributed by atoms with Crippen molar-refractivity contribution in [1.82, 2.24) is 9.71 Å².